The van der Waals surface area contributed by atoms with Gasteiger partial charge in [-0.25, -0.2) is 9.97 Å². The predicted octanol–water partition coefficient (Wildman–Crippen LogP) is 2.62. The second kappa shape index (κ2) is 5.95. The van der Waals surface area contributed by atoms with Crippen molar-refractivity contribution < 1.29 is 4.74 Å². The van der Waals surface area contributed by atoms with Crippen molar-refractivity contribution in [3.63, 3.8) is 0 Å². The van der Waals surface area contributed by atoms with Gasteiger partial charge >= 0.3 is 0 Å². The van der Waals surface area contributed by atoms with E-state index < -0.39 is 0 Å². The minimum Gasteiger partial charge on any atom is -0.378 e. The van der Waals surface area contributed by atoms with Crippen molar-refractivity contribution in [2.45, 2.75) is 44.6 Å². The van der Waals surface area contributed by atoms with Crippen LogP contribution < -0.4 is 10.6 Å². The van der Waals surface area contributed by atoms with Gasteiger partial charge in [-0.3, -0.25) is 0 Å². The van der Waals surface area contributed by atoms with Gasteiger partial charge in [0.25, 0.3) is 0 Å². The van der Waals surface area contributed by atoms with Gasteiger partial charge in [-0.15, -0.1) is 0 Å². The van der Waals surface area contributed by atoms with E-state index >= 15 is 0 Å². The third-order valence-corrected chi connectivity index (χ3v) is 4.24. The van der Waals surface area contributed by atoms with Crippen molar-refractivity contribution in [3.05, 3.63) is 11.9 Å². The standard InChI is InChI=1S/C15H24N4O/c1-3-12-11(6-7-20-12)9-17-14-8-13(16-2)18-15(19-14)10-4-5-10/h8,10-12H,3-7,9H2,1-2H3,(H2,16,17,18,19). The van der Waals surface area contributed by atoms with E-state index in [-0.39, 0.29) is 0 Å². The first-order valence-corrected chi connectivity index (χ1v) is 7.72. The van der Waals surface area contributed by atoms with E-state index in [1.807, 2.05) is 13.1 Å². The fourth-order valence-corrected chi connectivity index (χ4v) is 2.82. The van der Waals surface area contributed by atoms with Crippen LogP contribution in [0.4, 0.5) is 11.6 Å². The first-order chi connectivity index (χ1) is 9.80. The van der Waals surface area contributed by atoms with E-state index in [1.54, 1.807) is 0 Å². The molecule has 2 unspecified atom stereocenters. The summed E-state index contributed by atoms with van der Waals surface area (Å²) >= 11 is 0. The number of anilines is 2. The molecule has 1 aliphatic heterocycles. The quantitative estimate of drug-likeness (QED) is 0.836. The van der Waals surface area contributed by atoms with Crippen LogP contribution in [-0.4, -0.2) is 36.3 Å². The van der Waals surface area contributed by atoms with Gasteiger partial charge in [-0.2, -0.15) is 0 Å². The molecule has 1 saturated carbocycles. The van der Waals surface area contributed by atoms with Crippen LogP contribution in [-0.2, 0) is 4.74 Å². The van der Waals surface area contributed by atoms with Crippen LogP contribution in [0.25, 0.3) is 0 Å². The maximum absolute atomic E-state index is 5.73. The molecule has 0 aromatic carbocycles. The molecular weight excluding hydrogens is 252 g/mol. The first kappa shape index (κ1) is 13.6. The second-order valence-electron chi connectivity index (χ2n) is 5.77. The molecule has 2 N–H and O–H groups in total. The Kier molecular flexibility index (Phi) is 4.05. The molecule has 0 bridgehead atoms. The number of nitrogens with zero attached hydrogens (tertiary/aromatic N) is 2. The van der Waals surface area contributed by atoms with E-state index in [4.69, 9.17) is 4.74 Å². The smallest absolute Gasteiger partial charge is 0.136 e. The average molecular weight is 276 g/mol. The van der Waals surface area contributed by atoms with Crippen molar-refractivity contribution in [1.82, 2.24) is 9.97 Å². The minimum atomic E-state index is 0.399. The maximum atomic E-state index is 5.73. The molecule has 2 fully saturated rings. The highest BCUT2D eigenvalue weighted by molar-refractivity contribution is 5.47. The molecule has 1 aliphatic carbocycles. The van der Waals surface area contributed by atoms with Crippen molar-refractivity contribution in [1.29, 1.82) is 0 Å². The highest BCUT2D eigenvalue weighted by Gasteiger charge is 2.28. The Morgan fingerprint density at radius 3 is 2.75 bits per heavy atom. The topological polar surface area (TPSA) is 59.1 Å². The van der Waals surface area contributed by atoms with Crippen LogP contribution in [0.3, 0.4) is 0 Å². The van der Waals surface area contributed by atoms with Crippen molar-refractivity contribution in [2.75, 3.05) is 30.8 Å². The Morgan fingerprint density at radius 1 is 1.25 bits per heavy atom. The van der Waals surface area contributed by atoms with Gasteiger partial charge < -0.3 is 15.4 Å². The summed E-state index contributed by atoms with van der Waals surface area (Å²) in [6, 6.07) is 1.99. The van der Waals surface area contributed by atoms with Gasteiger partial charge in [-0.1, -0.05) is 6.92 Å². The zero-order valence-electron chi connectivity index (χ0n) is 12.4. The Bertz CT molecular complexity index is 461. The van der Waals surface area contributed by atoms with Gasteiger partial charge in [-0.05, 0) is 25.7 Å². The van der Waals surface area contributed by atoms with E-state index in [0.717, 1.165) is 43.5 Å². The summed E-state index contributed by atoms with van der Waals surface area (Å²) < 4.78 is 5.73. The monoisotopic (exact) mass is 276 g/mol. The summed E-state index contributed by atoms with van der Waals surface area (Å²) in [5.74, 6) is 3.99. The summed E-state index contributed by atoms with van der Waals surface area (Å²) in [5.41, 5.74) is 0. The molecule has 0 spiro atoms. The molecule has 5 heteroatoms. The van der Waals surface area contributed by atoms with Gasteiger partial charge in [0.15, 0.2) is 0 Å². The number of hydrogen-bond donors (Lipinski definition) is 2. The van der Waals surface area contributed by atoms with Crippen LogP contribution in [0, 0.1) is 5.92 Å². The Labute approximate surface area is 120 Å². The lowest BCUT2D eigenvalue weighted by atomic mass is 10.00. The fourth-order valence-electron chi connectivity index (χ4n) is 2.82. The van der Waals surface area contributed by atoms with Crippen LogP contribution in [0.15, 0.2) is 6.07 Å². The average Bonchev–Trinajstić information content (AvgIpc) is 3.24. The number of rotatable bonds is 6. The van der Waals surface area contributed by atoms with Crippen LogP contribution >= 0.6 is 0 Å². The normalized spacial score (nSPS) is 25.7. The lowest BCUT2D eigenvalue weighted by Crippen LogP contribution is -2.23. The fraction of sp³-hybridized carbons (Fsp3) is 0.733. The first-order valence-electron chi connectivity index (χ1n) is 7.72. The summed E-state index contributed by atoms with van der Waals surface area (Å²) in [4.78, 5) is 9.19. The number of hydrogen-bond acceptors (Lipinski definition) is 5. The second-order valence-corrected chi connectivity index (χ2v) is 5.77. The van der Waals surface area contributed by atoms with Gasteiger partial charge in [0, 0.05) is 38.1 Å². The summed E-state index contributed by atoms with van der Waals surface area (Å²) in [7, 11) is 1.90. The Morgan fingerprint density at radius 2 is 2.05 bits per heavy atom. The molecular formula is C15H24N4O. The van der Waals surface area contributed by atoms with Gasteiger partial charge in [0.2, 0.25) is 0 Å². The van der Waals surface area contributed by atoms with Gasteiger partial charge in [0.1, 0.15) is 17.5 Å². The molecule has 1 saturated heterocycles. The molecule has 0 radical (unpaired) electrons. The van der Waals surface area contributed by atoms with E-state index in [9.17, 15) is 0 Å². The molecule has 2 aliphatic rings. The molecule has 110 valence electrons. The van der Waals surface area contributed by atoms with E-state index in [1.165, 1.54) is 12.8 Å². The van der Waals surface area contributed by atoms with Crippen molar-refractivity contribution in [2.24, 2.45) is 5.92 Å². The lowest BCUT2D eigenvalue weighted by molar-refractivity contribution is 0.0900. The van der Waals surface area contributed by atoms with Crippen LogP contribution in [0.2, 0.25) is 0 Å². The highest BCUT2D eigenvalue weighted by atomic mass is 16.5. The summed E-state index contributed by atoms with van der Waals surface area (Å²) in [6.45, 7) is 4.02. The van der Waals surface area contributed by atoms with E-state index in [0.29, 0.717) is 17.9 Å². The SMILES string of the molecule is CCC1OCCC1CNc1cc(NC)nc(C2CC2)n1. The molecule has 1 aromatic heterocycles. The highest BCUT2D eigenvalue weighted by Crippen LogP contribution is 2.38. The molecule has 5 nitrogen and oxygen atoms in total. The third-order valence-electron chi connectivity index (χ3n) is 4.24. The molecule has 1 aromatic rings. The molecule has 2 heterocycles. The van der Waals surface area contributed by atoms with Crippen LogP contribution in [0.5, 0.6) is 0 Å². The lowest BCUT2D eigenvalue weighted by Gasteiger charge is -2.18. The minimum absolute atomic E-state index is 0.399. The van der Waals surface area contributed by atoms with Crippen LogP contribution in [0.1, 0.15) is 44.3 Å². The molecule has 20 heavy (non-hydrogen) atoms. The maximum Gasteiger partial charge on any atom is 0.136 e. The summed E-state index contributed by atoms with van der Waals surface area (Å²) in [5, 5.41) is 6.60. The predicted molar refractivity (Wildman–Crippen MR) is 80.2 cm³/mol. The molecule has 2 atom stereocenters. The number of aromatic nitrogens is 2. The number of nitrogens with one attached hydrogen (secondary N) is 2. The Hall–Kier alpha value is -1.36. The molecule has 0 amide bonds. The largest absolute Gasteiger partial charge is 0.378 e. The zero-order chi connectivity index (χ0) is 13.9. The van der Waals surface area contributed by atoms with Crippen molar-refractivity contribution in [3.8, 4) is 0 Å². The Balaban J connectivity index is 1.65. The molecule has 3 rings (SSSR count). The third kappa shape index (κ3) is 3.03. The summed E-state index contributed by atoms with van der Waals surface area (Å²) in [6.07, 6.45) is 5.08. The van der Waals surface area contributed by atoms with E-state index in [2.05, 4.69) is 27.5 Å². The zero-order valence-corrected chi connectivity index (χ0v) is 12.4. The van der Waals surface area contributed by atoms with Crippen molar-refractivity contribution >= 4 is 11.6 Å². The number of ether oxygens (including phenoxy) is 1. The van der Waals surface area contributed by atoms with Gasteiger partial charge in [0.05, 0.1) is 6.10 Å².